The van der Waals surface area contributed by atoms with E-state index in [9.17, 15) is 19.2 Å². The van der Waals surface area contributed by atoms with Crippen molar-refractivity contribution in [2.75, 3.05) is 0 Å². The minimum absolute atomic E-state index is 0.404. The van der Waals surface area contributed by atoms with Gasteiger partial charge >= 0.3 is 11.9 Å². The van der Waals surface area contributed by atoms with Crippen LogP contribution in [-0.4, -0.2) is 35.7 Å². The first-order valence-electron chi connectivity index (χ1n) is 6.29. The van der Waals surface area contributed by atoms with Crippen molar-refractivity contribution >= 4 is 23.5 Å². The number of ketones is 2. The third kappa shape index (κ3) is 6.69. The highest BCUT2D eigenvalue weighted by Crippen LogP contribution is 2.02. The van der Waals surface area contributed by atoms with Gasteiger partial charge in [0.1, 0.15) is 0 Å². The van der Waals surface area contributed by atoms with Crippen molar-refractivity contribution in [3.63, 3.8) is 0 Å². The molecule has 0 spiro atoms. The lowest BCUT2D eigenvalue weighted by Gasteiger charge is -2.10. The van der Waals surface area contributed by atoms with Gasteiger partial charge in [-0.2, -0.15) is 0 Å². The van der Waals surface area contributed by atoms with Gasteiger partial charge in [0.25, 0.3) is 0 Å². The van der Waals surface area contributed by atoms with Gasteiger partial charge in [-0.05, 0) is 26.7 Å². The molecule has 0 saturated heterocycles. The average Bonchev–Trinajstić information content (AvgIpc) is 2.37. The Hall–Kier alpha value is -1.72. The summed E-state index contributed by atoms with van der Waals surface area (Å²) in [6, 6.07) is 0. The fourth-order valence-electron chi connectivity index (χ4n) is 0.954. The molecule has 19 heavy (non-hydrogen) atoms. The highest BCUT2D eigenvalue weighted by atomic mass is 16.6. The molecule has 0 rings (SSSR count). The van der Waals surface area contributed by atoms with E-state index in [1.807, 2.05) is 0 Å². The third-order valence-corrected chi connectivity index (χ3v) is 2.54. The molecule has 0 bridgehead atoms. The maximum absolute atomic E-state index is 11.4. The summed E-state index contributed by atoms with van der Waals surface area (Å²) in [6.45, 7) is 6.84. The van der Waals surface area contributed by atoms with E-state index in [1.54, 1.807) is 27.7 Å². The van der Waals surface area contributed by atoms with E-state index >= 15 is 0 Å². The molecule has 0 aromatic heterocycles. The fourth-order valence-corrected chi connectivity index (χ4v) is 0.954. The smallest absolute Gasteiger partial charge is 0.375 e. The van der Waals surface area contributed by atoms with Gasteiger partial charge in [0, 0.05) is 0 Å². The lowest BCUT2D eigenvalue weighted by molar-refractivity contribution is -0.161. The highest BCUT2D eigenvalue weighted by molar-refractivity contribution is 6.45. The normalized spacial score (nSPS) is 13.3. The molecule has 6 heteroatoms. The van der Waals surface area contributed by atoms with E-state index in [4.69, 9.17) is 9.47 Å². The highest BCUT2D eigenvalue weighted by Gasteiger charge is 2.26. The van der Waals surface area contributed by atoms with Crippen LogP contribution >= 0.6 is 0 Å². The molecule has 0 aliphatic heterocycles. The number of hydrogen-bond acceptors (Lipinski definition) is 6. The van der Waals surface area contributed by atoms with Crippen molar-refractivity contribution in [2.24, 2.45) is 0 Å². The Kier molecular flexibility index (Phi) is 7.63. The van der Waals surface area contributed by atoms with Crippen molar-refractivity contribution in [1.82, 2.24) is 0 Å². The van der Waals surface area contributed by atoms with Crippen molar-refractivity contribution in [3.8, 4) is 0 Å². The van der Waals surface area contributed by atoms with Crippen LogP contribution in [0.1, 0.15) is 47.0 Å². The molecule has 0 aliphatic carbocycles. The number of carbonyl (C=O) groups excluding carboxylic acids is 4. The molecular weight excluding hydrogens is 252 g/mol. The van der Waals surface area contributed by atoms with Crippen LogP contribution < -0.4 is 0 Å². The zero-order chi connectivity index (χ0) is 15.0. The number of carbonyl (C=O) groups is 4. The van der Waals surface area contributed by atoms with Crippen molar-refractivity contribution in [2.45, 2.75) is 59.2 Å². The molecule has 108 valence electrons. The van der Waals surface area contributed by atoms with Gasteiger partial charge in [-0.3, -0.25) is 9.59 Å². The monoisotopic (exact) mass is 272 g/mol. The summed E-state index contributed by atoms with van der Waals surface area (Å²) in [4.78, 5) is 45.3. The van der Waals surface area contributed by atoms with Crippen molar-refractivity contribution in [3.05, 3.63) is 0 Å². The summed E-state index contributed by atoms with van der Waals surface area (Å²) in [6.07, 6.45) is -0.506. The van der Waals surface area contributed by atoms with Gasteiger partial charge in [0.05, 0.1) is 18.6 Å². The predicted octanol–water partition coefficient (Wildman–Crippen LogP) is 1.20. The van der Waals surface area contributed by atoms with Crippen LogP contribution in [0.25, 0.3) is 0 Å². The van der Waals surface area contributed by atoms with Gasteiger partial charge < -0.3 is 9.47 Å². The second kappa shape index (κ2) is 8.39. The summed E-state index contributed by atoms with van der Waals surface area (Å²) in [5.41, 5.74) is 0. The lowest BCUT2D eigenvalue weighted by atomic mass is 10.2. The van der Waals surface area contributed by atoms with Crippen LogP contribution in [0.4, 0.5) is 0 Å². The zero-order valence-corrected chi connectivity index (χ0v) is 11.7. The number of hydrogen-bond donors (Lipinski definition) is 0. The molecule has 2 unspecified atom stereocenters. The SMILES string of the molecule is CCC(C)OC(=O)C(=O)CC(=O)C(=O)OC(C)CC. The summed E-state index contributed by atoms with van der Waals surface area (Å²) in [5, 5.41) is 0. The standard InChI is InChI=1S/C13H20O6/c1-5-8(3)18-12(16)10(14)7-11(15)13(17)19-9(4)6-2/h8-9H,5-7H2,1-4H3. The Labute approximate surface area is 112 Å². The molecule has 0 saturated carbocycles. The van der Waals surface area contributed by atoms with Gasteiger partial charge in [0.15, 0.2) is 0 Å². The number of Topliss-reactive ketones (excluding diaryl/α,β-unsaturated/α-hetero) is 2. The van der Waals surface area contributed by atoms with E-state index in [0.29, 0.717) is 12.8 Å². The zero-order valence-electron chi connectivity index (χ0n) is 11.7. The summed E-state index contributed by atoms with van der Waals surface area (Å²) in [7, 11) is 0. The van der Waals surface area contributed by atoms with Crippen molar-refractivity contribution < 1.29 is 28.7 Å². The molecule has 0 heterocycles. The predicted molar refractivity (Wildman–Crippen MR) is 66.3 cm³/mol. The number of esters is 2. The van der Waals surface area contributed by atoms with Crippen LogP contribution in [0, 0.1) is 0 Å². The number of ether oxygens (including phenoxy) is 2. The minimum atomic E-state index is -1.10. The molecule has 0 amide bonds. The molecular formula is C13H20O6. The molecule has 0 aliphatic rings. The summed E-state index contributed by atoms with van der Waals surface area (Å²) >= 11 is 0. The molecule has 0 fully saturated rings. The van der Waals surface area contributed by atoms with Gasteiger partial charge in [-0.1, -0.05) is 13.8 Å². The van der Waals surface area contributed by atoms with Gasteiger partial charge in [-0.15, -0.1) is 0 Å². The molecule has 0 radical (unpaired) electrons. The first kappa shape index (κ1) is 17.3. The molecule has 0 N–H and O–H groups in total. The number of rotatable bonds is 8. The topological polar surface area (TPSA) is 86.7 Å². The Morgan fingerprint density at radius 1 is 0.789 bits per heavy atom. The van der Waals surface area contributed by atoms with E-state index in [2.05, 4.69) is 0 Å². The van der Waals surface area contributed by atoms with Crippen LogP contribution in [0.5, 0.6) is 0 Å². The molecule has 2 atom stereocenters. The van der Waals surface area contributed by atoms with Gasteiger partial charge in [0.2, 0.25) is 11.6 Å². The largest absolute Gasteiger partial charge is 0.457 e. The van der Waals surface area contributed by atoms with E-state index in [-0.39, 0.29) is 0 Å². The Morgan fingerprint density at radius 3 is 1.37 bits per heavy atom. The quantitative estimate of drug-likeness (QED) is 0.375. The minimum Gasteiger partial charge on any atom is -0.457 e. The Morgan fingerprint density at radius 2 is 1.11 bits per heavy atom. The van der Waals surface area contributed by atoms with E-state index < -0.39 is 42.1 Å². The Bertz CT molecular complexity index is 326. The Balaban J connectivity index is 4.29. The lowest BCUT2D eigenvalue weighted by Crippen LogP contribution is -2.29. The van der Waals surface area contributed by atoms with Gasteiger partial charge in [-0.25, -0.2) is 9.59 Å². The van der Waals surface area contributed by atoms with E-state index in [1.165, 1.54) is 0 Å². The third-order valence-electron chi connectivity index (χ3n) is 2.54. The van der Waals surface area contributed by atoms with E-state index in [0.717, 1.165) is 0 Å². The fraction of sp³-hybridized carbons (Fsp3) is 0.692. The molecule has 6 nitrogen and oxygen atoms in total. The van der Waals surface area contributed by atoms with Crippen molar-refractivity contribution in [1.29, 1.82) is 0 Å². The second-order valence-electron chi connectivity index (χ2n) is 4.27. The first-order chi connectivity index (χ1) is 8.81. The maximum atomic E-state index is 11.4. The van der Waals surface area contributed by atoms with Crippen LogP contribution in [-0.2, 0) is 28.7 Å². The van der Waals surface area contributed by atoms with Crippen LogP contribution in [0.3, 0.4) is 0 Å². The first-order valence-corrected chi connectivity index (χ1v) is 6.29. The summed E-state index contributed by atoms with van der Waals surface area (Å²) < 4.78 is 9.50. The van der Waals surface area contributed by atoms with Crippen LogP contribution in [0.15, 0.2) is 0 Å². The molecule has 0 aromatic carbocycles. The van der Waals surface area contributed by atoms with Crippen LogP contribution in [0.2, 0.25) is 0 Å². The summed E-state index contributed by atoms with van der Waals surface area (Å²) in [5.74, 6) is -4.27. The average molecular weight is 272 g/mol. The molecule has 0 aromatic rings. The second-order valence-corrected chi connectivity index (χ2v) is 4.27. The maximum Gasteiger partial charge on any atom is 0.375 e.